The van der Waals surface area contributed by atoms with Gasteiger partial charge in [-0.1, -0.05) is 0 Å². The van der Waals surface area contributed by atoms with E-state index in [9.17, 15) is 0 Å². The molecule has 0 N–H and O–H groups in total. The quantitative estimate of drug-likeness (QED) is 0.544. The summed E-state index contributed by atoms with van der Waals surface area (Å²) < 4.78 is 1.58. The van der Waals surface area contributed by atoms with Crippen molar-refractivity contribution >= 4 is 30.0 Å². The summed E-state index contributed by atoms with van der Waals surface area (Å²) in [5.74, 6) is 3.30. The maximum absolute atomic E-state index is 3.40. The number of benzene rings is 1. The van der Waals surface area contributed by atoms with Crippen LogP contribution in [-0.4, -0.2) is 26.5 Å². The molecule has 0 aliphatic heterocycles. The second-order valence-corrected chi connectivity index (χ2v) is 25.6. The van der Waals surface area contributed by atoms with Gasteiger partial charge in [-0.3, -0.25) is 0 Å². The van der Waals surface area contributed by atoms with Crippen molar-refractivity contribution in [3.05, 3.63) is 29.8 Å². The van der Waals surface area contributed by atoms with Crippen LogP contribution in [0.3, 0.4) is 0 Å². The molecular formula is C14H22SiSn. The molecule has 0 bridgehead atoms. The molecule has 86 valence electrons. The maximum atomic E-state index is 3.40. The van der Waals surface area contributed by atoms with Crippen LogP contribution in [0.25, 0.3) is 0 Å². The Kier molecular flexibility index (Phi) is 4.31. The summed E-state index contributed by atoms with van der Waals surface area (Å²) in [6.45, 7) is 6.83. The summed E-state index contributed by atoms with van der Waals surface area (Å²) in [6, 6.07) is 8.93. The molecule has 2 heteroatoms. The van der Waals surface area contributed by atoms with E-state index in [1.54, 1.807) is 3.58 Å². The van der Waals surface area contributed by atoms with Gasteiger partial charge in [0.1, 0.15) is 0 Å². The molecule has 0 saturated carbocycles. The van der Waals surface area contributed by atoms with Crippen LogP contribution in [0.5, 0.6) is 0 Å². The normalized spacial score (nSPS) is 11.9. The molecule has 0 unspecified atom stereocenters. The summed E-state index contributed by atoms with van der Waals surface area (Å²) in [6.07, 6.45) is 0. The van der Waals surface area contributed by atoms with Crippen LogP contribution in [0.2, 0.25) is 34.5 Å². The van der Waals surface area contributed by atoms with Gasteiger partial charge < -0.3 is 0 Å². The van der Waals surface area contributed by atoms with Crippen molar-refractivity contribution in [3.8, 4) is 11.5 Å². The molecule has 0 amide bonds. The molecule has 1 aromatic rings. The second-order valence-electron chi connectivity index (χ2n) is 6.33. The molecule has 0 radical (unpaired) electrons. The minimum atomic E-state index is -1.86. The zero-order valence-corrected chi connectivity index (χ0v) is 15.2. The van der Waals surface area contributed by atoms with E-state index in [1.165, 1.54) is 5.56 Å². The van der Waals surface area contributed by atoms with Gasteiger partial charge in [-0.2, -0.15) is 0 Å². The fourth-order valence-corrected chi connectivity index (χ4v) is 5.16. The average Bonchev–Trinajstić information content (AvgIpc) is 2.13. The molecule has 0 fully saturated rings. The van der Waals surface area contributed by atoms with Gasteiger partial charge in [-0.15, -0.1) is 0 Å². The monoisotopic (exact) mass is 338 g/mol. The molecule has 0 saturated heterocycles. The summed E-state index contributed by atoms with van der Waals surface area (Å²) in [5.41, 5.74) is 4.57. The van der Waals surface area contributed by atoms with Gasteiger partial charge in [0.15, 0.2) is 0 Å². The van der Waals surface area contributed by atoms with Crippen LogP contribution >= 0.6 is 0 Å². The summed E-state index contributed by atoms with van der Waals surface area (Å²) >= 11 is -1.86. The summed E-state index contributed by atoms with van der Waals surface area (Å²) in [7, 11) is -1.24. The molecule has 1 aromatic carbocycles. The van der Waals surface area contributed by atoms with Gasteiger partial charge >= 0.3 is 106 Å². The Hall–Kier alpha value is -0.204. The van der Waals surface area contributed by atoms with Crippen LogP contribution in [0, 0.1) is 11.5 Å². The first-order valence-electron chi connectivity index (χ1n) is 5.82. The third-order valence-corrected chi connectivity index (χ3v) is 9.10. The van der Waals surface area contributed by atoms with E-state index in [4.69, 9.17) is 0 Å². The van der Waals surface area contributed by atoms with Gasteiger partial charge in [0.25, 0.3) is 0 Å². The standard InChI is InChI=1S/C11H13Si.3CH3.Sn/c1-12(2,3)10-9-11-7-5-4-6-8-11;;;;/h5-8H,1-3H3;3*1H3;. The molecular weight excluding hydrogens is 315 g/mol. The van der Waals surface area contributed by atoms with Crippen molar-refractivity contribution in [1.29, 1.82) is 0 Å². The van der Waals surface area contributed by atoms with Crippen molar-refractivity contribution in [1.82, 2.24) is 0 Å². The zero-order valence-electron chi connectivity index (χ0n) is 11.3. The Morgan fingerprint density at radius 1 is 0.938 bits per heavy atom. The molecule has 1 rings (SSSR count). The van der Waals surface area contributed by atoms with Gasteiger partial charge in [0, 0.05) is 0 Å². The van der Waals surface area contributed by atoms with Crippen LogP contribution in [0.4, 0.5) is 0 Å². The predicted molar refractivity (Wildman–Crippen MR) is 79.6 cm³/mol. The van der Waals surface area contributed by atoms with Crippen LogP contribution in [0.15, 0.2) is 24.3 Å². The molecule has 0 spiro atoms. The average molecular weight is 337 g/mol. The van der Waals surface area contributed by atoms with E-state index < -0.39 is 26.5 Å². The first-order chi connectivity index (χ1) is 7.18. The Balaban J connectivity index is 2.91. The van der Waals surface area contributed by atoms with Gasteiger partial charge in [-0.05, 0) is 0 Å². The summed E-state index contributed by atoms with van der Waals surface area (Å²) in [5, 5.41) is 0. The fraction of sp³-hybridized carbons (Fsp3) is 0.429. The fourth-order valence-electron chi connectivity index (χ4n) is 1.31. The van der Waals surface area contributed by atoms with Crippen molar-refractivity contribution in [2.24, 2.45) is 0 Å². The number of hydrogen-bond acceptors (Lipinski definition) is 0. The zero-order chi connectivity index (χ0) is 12.4. The van der Waals surface area contributed by atoms with Crippen molar-refractivity contribution < 1.29 is 0 Å². The van der Waals surface area contributed by atoms with Crippen molar-refractivity contribution in [2.45, 2.75) is 34.5 Å². The minimum absolute atomic E-state index is 1.17. The number of hydrogen-bond donors (Lipinski definition) is 0. The van der Waals surface area contributed by atoms with Gasteiger partial charge in [0.05, 0.1) is 0 Å². The molecule has 0 atom stereocenters. The molecule has 0 aliphatic carbocycles. The molecule has 0 aliphatic rings. The van der Waals surface area contributed by atoms with E-state index in [-0.39, 0.29) is 0 Å². The molecule has 0 nitrogen and oxygen atoms in total. The van der Waals surface area contributed by atoms with E-state index in [2.05, 4.69) is 70.2 Å². The SMILES string of the molecule is C[Si](C)(C)C#Cc1cc[c]([Sn]([CH3])([CH3])[CH3])cc1. The Morgan fingerprint density at radius 2 is 1.44 bits per heavy atom. The molecule has 16 heavy (non-hydrogen) atoms. The first-order valence-corrected chi connectivity index (χ1v) is 19.3. The Labute approximate surface area is 105 Å². The van der Waals surface area contributed by atoms with E-state index in [0.29, 0.717) is 0 Å². The van der Waals surface area contributed by atoms with E-state index in [1.807, 2.05) is 0 Å². The van der Waals surface area contributed by atoms with Gasteiger partial charge in [-0.25, -0.2) is 0 Å². The third kappa shape index (κ3) is 4.75. The van der Waals surface area contributed by atoms with E-state index >= 15 is 0 Å². The predicted octanol–water partition coefficient (Wildman–Crippen LogP) is 3.46. The molecule has 0 heterocycles. The molecule has 0 aromatic heterocycles. The van der Waals surface area contributed by atoms with Gasteiger partial charge in [0.2, 0.25) is 0 Å². The van der Waals surface area contributed by atoms with Crippen LogP contribution in [0.1, 0.15) is 5.56 Å². The second kappa shape index (κ2) is 4.97. The number of rotatable bonds is 1. The third-order valence-electron chi connectivity index (χ3n) is 2.33. The topological polar surface area (TPSA) is 0 Å². The Bertz CT molecular complexity index is 407. The van der Waals surface area contributed by atoms with E-state index in [0.717, 1.165) is 0 Å². The Morgan fingerprint density at radius 3 is 1.81 bits per heavy atom. The first kappa shape index (κ1) is 13.9. The van der Waals surface area contributed by atoms with Crippen LogP contribution < -0.4 is 3.58 Å². The van der Waals surface area contributed by atoms with Crippen LogP contribution in [-0.2, 0) is 0 Å². The van der Waals surface area contributed by atoms with Crippen molar-refractivity contribution in [2.75, 3.05) is 0 Å². The van der Waals surface area contributed by atoms with Crippen molar-refractivity contribution in [3.63, 3.8) is 0 Å². The summed E-state index contributed by atoms with van der Waals surface area (Å²) in [4.78, 5) is 7.33.